The van der Waals surface area contributed by atoms with E-state index < -0.39 is 21.8 Å². The standard InChI is InChI=1S/C19H29NO5S/c1-14-5-11-17(12-6-14)26(22,23)24-13-15-7-9-16(10-8-15)20-18(21)25-19(2,3)4/h5-6,11-12,15-16H,7-10,13H2,1-4H3,(H,20,21)/t15-,16-. The molecule has 0 aromatic heterocycles. The second-order valence-electron chi connectivity index (χ2n) is 7.92. The summed E-state index contributed by atoms with van der Waals surface area (Å²) in [5.74, 6) is 0.173. The smallest absolute Gasteiger partial charge is 0.407 e. The van der Waals surface area contributed by atoms with Crippen LogP contribution in [0.5, 0.6) is 0 Å². The molecule has 0 spiro atoms. The molecule has 1 aromatic rings. The van der Waals surface area contributed by atoms with Crippen molar-refractivity contribution in [1.29, 1.82) is 0 Å². The third-order valence-electron chi connectivity index (χ3n) is 4.34. The number of amides is 1. The number of rotatable bonds is 5. The lowest BCUT2D eigenvalue weighted by Crippen LogP contribution is -2.41. The van der Waals surface area contributed by atoms with E-state index >= 15 is 0 Å². The quantitative estimate of drug-likeness (QED) is 0.783. The highest BCUT2D eigenvalue weighted by Crippen LogP contribution is 2.26. The van der Waals surface area contributed by atoms with Gasteiger partial charge in [-0.25, -0.2) is 4.79 Å². The van der Waals surface area contributed by atoms with Crippen LogP contribution in [0.15, 0.2) is 29.2 Å². The van der Waals surface area contributed by atoms with Crippen molar-refractivity contribution in [2.24, 2.45) is 5.92 Å². The number of nitrogens with one attached hydrogen (secondary N) is 1. The zero-order valence-corrected chi connectivity index (χ0v) is 16.8. The van der Waals surface area contributed by atoms with E-state index in [1.54, 1.807) is 24.3 Å². The molecule has 1 saturated carbocycles. The summed E-state index contributed by atoms with van der Waals surface area (Å²) in [6.45, 7) is 7.57. The second-order valence-corrected chi connectivity index (χ2v) is 9.53. The van der Waals surface area contributed by atoms with Gasteiger partial charge in [0.15, 0.2) is 0 Å². The summed E-state index contributed by atoms with van der Waals surface area (Å²) in [5, 5.41) is 2.88. The molecule has 1 aromatic carbocycles. The Balaban J connectivity index is 1.76. The van der Waals surface area contributed by atoms with Crippen molar-refractivity contribution in [2.75, 3.05) is 6.61 Å². The topological polar surface area (TPSA) is 81.7 Å². The van der Waals surface area contributed by atoms with Crippen LogP contribution in [0.1, 0.15) is 52.0 Å². The minimum atomic E-state index is -3.72. The number of alkyl carbamates (subject to hydrolysis) is 1. The Labute approximate surface area is 156 Å². The maximum absolute atomic E-state index is 12.2. The average Bonchev–Trinajstić information content (AvgIpc) is 2.53. The van der Waals surface area contributed by atoms with E-state index in [0.717, 1.165) is 31.2 Å². The first kappa shape index (κ1) is 20.7. The molecule has 1 amide bonds. The molecule has 2 rings (SSSR count). The van der Waals surface area contributed by atoms with Crippen LogP contribution in [0.2, 0.25) is 0 Å². The van der Waals surface area contributed by atoms with Crippen molar-refractivity contribution >= 4 is 16.2 Å². The van der Waals surface area contributed by atoms with Gasteiger partial charge in [-0.3, -0.25) is 4.18 Å². The summed E-state index contributed by atoms with van der Waals surface area (Å²) in [4.78, 5) is 12.0. The lowest BCUT2D eigenvalue weighted by molar-refractivity contribution is 0.0484. The molecule has 6 nitrogen and oxygen atoms in total. The summed E-state index contributed by atoms with van der Waals surface area (Å²) in [6.07, 6.45) is 2.79. The molecule has 0 saturated heterocycles. The molecule has 26 heavy (non-hydrogen) atoms. The number of aryl methyl sites for hydroxylation is 1. The van der Waals surface area contributed by atoms with E-state index in [1.807, 2.05) is 27.7 Å². The SMILES string of the molecule is Cc1ccc(S(=O)(=O)OC[C@H]2CC[C@H](NC(=O)OC(C)(C)C)CC2)cc1. The predicted octanol–water partition coefficient (Wildman–Crippen LogP) is 3.78. The lowest BCUT2D eigenvalue weighted by Gasteiger charge is -2.29. The Morgan fingerprint density at radius 1 is 1.12 bits per heavy atom. The molecular formula is C19H29NO5S. The van der Waals surface area contributed by atoms with E-state index in [2.05, 4.69) is 5.32 Å². The average molecular weight is 384 g/mol. The summed E-state index contributed by atoms with van der Waals surface area (Å²) < 4.78 is 35.0. The second kappa shape index (κ2) is 8.39. The highest BCUT2D eigenvalue weighted by molar-refractivity contribution is 7.86. The molecule has 0 bridgehead atoms. The molecule has 0 unspecified atom stereocenters. The first-order chi connectivity index (χ1) is 12.0. The van der Waals surface area contributed by atoms with Gasteiger partial charge in [-0.15, -0.1) is 0 Å². The van der Waals surface area contributed by atoms with Crippen molar-refractivity contribution in [2.45, 2.75) is 69.9 Å². The Bertz CT molecular complexity index is 698. The molecular weight excluding hydrogens is 354 g/mol. The van der Waals surface area contributed by atoms with Crippen molar-refractivity contribution in [1.82, 2.24) is 5.32 Å². The summed E-state index contributed by atoms with van der Waals surface area (Å²) >= 11 is 0. The van der Waals surface area contributed by atoms with Gasteiger partial charge in [0.2, 0.25) is 0 Å². The minimum Gasteiger partial charge on any atom is -0.444 e. The number of carbonyl (C=O) groups excluding carboxylic acids is 1. The number of hydrogen-bond donors (Lipinski definition) is 1. The van der Waals surface area contributed by atoms with Gasteiger partial charge < -0.3 is 10.1 Å². The van der Waals surface area contributed by atoms with Gasteiger partial charge in [-0.1, -0.05) is 17.7 Å². The molecule has 0 radical (unpaired) electrons. The fourth-order valence-electron chi connectivity index (χ4n) is 2.91. The molecule has 1 aliphatic rings. The summed E-state index contributed by atoms with van der Waals surface area (Å²) in [7, 11) is -3.72. The van der Waals surface area contributed by atoms with Crippen LogP contribution < -0.4 is 5.32 Å². The Hall–Kier alpha value is -1.60. The van der Waals surface area contributed by atoms with E-state index in [9.17, 15) is 13.2 Å². The minimum absolute atomic E-state index is 0.0646. The van der Waals surface area contributed by atoms with Crippen molar-refractivity contribution < 1.29 is 22.1 Å². The maximum atomic E-state index is 12.2. The lowest BCUT2D eigenvalue weighted by atomic mass is 9.87. The molecule has 1 N–H and O–H groups in total. The van der Waals surface area contributed by atoms with Crippen molar-refractivity contribution in [3.8, 4) is 0 Å². The maximum Gasteiger partial charge on any atom is 0.407 e. The Morgan fingerprint density at radius 3 is 2.23 bits per heavy atom. The molecule has 146 valence electrons. The summed E-state index contributed by atoms with van der Waals surface area (Å²) in [6, 6.07) is 6.70. The van der Waals surface area contributed by atoms with E-state index in [0.29, 0.717) is 0 Å². The van der Waals surface area contributed by atoms with Crippen LogP contribution in [0.4, 0.5) is 4.79 Å². The fraction of sp³-hybridized carbons (Fsp3) is 0.632. The highest BCUT2D eigenvalue weighted by atomic mass is 32.2. The zero-order chi connectivity index (χ0) is 19.4. The van der Waals surface area contributed by atoms with Crippen LogP contribution >= 0.6 is 0 Å². The highest BCUT2D eigenvalue weighted by Gasteiger charge is 2.26. The number of carbonyl (C=O) groups is 1. The van der Waals surface area contributed by atoms with Crippen LogP contribution in [0.25, 0.3) is 0 Å². The fourth-order valence-corrected chi connectivity index (χ4v) is 3.88. The number of hydrogen-bond acceptors (Lipinski definition) is 5. The van der Waals surface area contributed by atoms with Crippen molar-refractivity contribution in [3.63, 3.8) is 0 Å². The molecule has 0 aliphatic heterocycles. The first-order valence-electron chi connectivity index (χ1n) is 9.01. The van der Waals surface area contributed by atoms with E-state index in [-0.39, 0.29) is 23.5 Å². The van der Waals surface area contributed by atoms with Gasteiger partial charge in [0.1, 0.15) is 5.60 Å². The first-order valence-corrected chi connectivity index (χ1v) is 10.4. The van der Waals surface area contributed by atoms with Gasteiger partial charge >= 0.3 is 6.09 Å². The van der Waals surface area contributed by atoms with Gasteiger partial charge in [0.05, 0.1) is 11.5 Å². The van der Waals surface area contributed by atoms with Crippen LogP contribution in [0, 0.1) is 12.8 Å². The van der Waals surface area contributed by atoms with Gasteiger partial charge in [-0.2, -0.15) is 8.42 Å². The Kier molecular flexibility index (Phi) is 6.69. The molecule has 0 heterocycles. The van der Waals surface area contributed by atoms with Crippen molar-refractivity contribution in [3.05, 3.63) is 29.8 Å². The third kappa shape index (κ3) is 6.61. The molecule has 7 heteroatoms. The largest absolute Gasteiger partial charge is 0.444 e. The van der Waals surface area contributed by atoms with Gasteiger partial charge in [0.25, 0.3) is 10.1 Å². The van der Waals surface area contributed by atoms with Crippen LogP contribution in [0.3, 0.4) is 0 Å². The van der Waals surface area contributed by atoms with Crippen LogP contribution in [-0.2, 0) is 19.0 Å². The molecule has 1 aliphatic carbocycles. The molecule has 1 fully saturated rings. The zero-order valence-electron chi connectivity index (χ0n) is 15.9. The number of benzene rings is 1. The summed E-state index contributed by atoms with van der Waals surface area (Å²) in [5.41, 5.74) is 0.485. The van der Waals surface area contributed by atoms with E-state index in [4.69, 9.17) is 8.92 Å². The van der Waals surface area contributed by atoms with Crippen LogP contribution in [-0.4, -0.2) is 32.8 Å². The Morgan fingerprint density at radius 2 is 1.69 bits per heavy atom. The van der Waals surface area contributed by atoms with Gasteiger partial charge in [0, 0.05) is 6.04 Å². The third-order valence-corrected chi connectivity index (χ3v) is 5.63. The monoisotopic (exact) mass is 383 g/mol. The number of ether oxygens (including phenoxy) is 1. The van der Waals surface area contributed by atoms with Gasteiger partial charge in [-0.05, 0) is 71.4 Å². The van der Waals surface area contributed by atoms with E-state index in [1.165, 1.54) is 0 Å². The normalized spacial score (nSPS) is 21.2. The predicted molar refractivity (Wildman–Crippen MR) is 99.4 cm³/mol. The molecule has 0 atom stereocenters.